The molecule has 3 aromatic rings. The van der Waals surface area contributed by atoms with Crippen LogP contribution in [0.25, 0.3) is 10.2 Å². The van der Waals surface area contributed by atoms with Gasteiger partial charge >= 0.3 is 0 Å². The number of hydrogen-bond donors (Lipinski definition) is 1. The van der Waals surface area contributed by atoms with Gasteiger partial charge in [-0.2, -0.15) is 0 Å². The normalized spacial score (nSPS) is 17.5. The van der Waals surface area contributed by atoms with Crippen molar-refractivity contribution in [3.63, 3.8) is 0 Å². The van der Waals surface area contributed by atoms with Gasteiger partial charge in [-0.05, 0) is 49.2 Å². The molecule has 0 aliphatic carbocycles. The van der Waals surface area contributed by atoms with Crippen LogP contribution in [-0.4, -0.2) is 34.4 Å². The fourth-order valence-corrected chi connectivity index (χ4v) is 4.64. The molecule has 2 aromatic carbocycles. The third-order valence-electron chi connectivity index (χ3n) is 5.15. The van der Waals surface area contributed by atoms with Crippen molar-refractivity contribution in [3.8, 4) is 0 Å². The fraction of sp³-hybridized carbons (Fsp3) is 0.286. The lowest BCUT2D eigenvalue weighted by Gasteiger charge is -2.31. The topological polar surface area (TPSA) is 66.7 Å². The molecule has 1 aliphatic heterocycles. The summed E-state index contributed by atoms with van der Waals surface area (Å²) in [5, 5.41) is 4.91. The van der Waals surface area contributed by atoms with Gasteiger partial charge in [-0.3, -0.25) is 9.59 Å². The Balaban J connectivity index is 1.45. The van der Waals surface area contributed by atoms with Crippen LogP contribution in [0.5, 0.6) is 0 Å². The number of piperidine rings is 1. The zero-order valence-electron chi connectivity index (χ0n) is 16.0. The number of benzene rings is 2. The minimum atomic E-state index is -0.275. The number of aromatic nitrogens is 1. The van der Waals surface area contributed by atoms with Crippen LogP contribution in [0.15, 0.2) is 53.6 Å². The molecule has 6 nitrogen and oxygen atoms in total. The highest BCUT2D eigenvalue weighted by atomic mass is 35.5. The van der Waals surface area contributed by atoms with Gasteiger partial charge in [0.05, 0.1) is 16.1 Å². The largest absolute Gasteiger partial charge is 0.338 e. The van der Waals surface area contributed by atoms with Gasteiger partial charge in [-0.25, -0.2) is 5.43 Å². The van der Waals surface area contributed by atoms with Crippen molar-refractivity contribution in [2.24, 2.45) is 18.1 Å². The number of rotatable bonds is 3. The molecule has 0 saturated carbocycles. The van der Waals surface area contributed by atoms with E-state index in [1.807, 2.05) is 35.9 Å². The number of amides is 2. The molecule has 1 unspecified atom stereocenters. The number of nitrogens with zero attached hydrogens (tertiary/aromatic N) is 3. The van der Waals surface area contributed by atoms with E-state index in [0.29, 0.717) is 23.7 Å². The summed E-state index contributed by atoms with van der Waals surface area (Å²) in [6.07, 6.45) is 1.53. The van der Waals surface area contributed by atoms with E-state index < -0.39 is 0 Å². The first kappa shape index (κ1) is 19.7. The summed E-state index contributed by atoms with van der Waals surface area (Å²) < 4.78 is 3.07. The Morgan fingerprint density at radius 2 is 1.93 bits per heavy atom. The molecule has 1 aliphatic rings. The first-order chi connectivity index (χ1) is 14.0. The van der Waals surface area contributed by atoms with Crippen molar-refractivity contribution in [2.75, 3.05) is 13.1 Å². The van der Waals surface area contributed by atoms with Crippen molar-refractivity contribution < 1.29 is 9.59 Å². The smallest absolute Gasteiger partial charge is 0.253 e. The number of nitrogens with one attached hydrogen (secondary N) is 1. The summed E-state index contributed by atoms with van der Waals surface area (Å²) in [7, 11) is 1.93. The molecule has 150 valence electrons. The molecule has 1 saturated heterocycles. The van der Waals surface area contributed by atoms with Crippen molar-refractivity contribution in [1.29, 1.82) is 0 Å². The second kappa shape index (κ2) is 8.39. The molecule has 2 heterocycles. The Kier molecular flexibility index (Phi) is 5.69. The molecule has 1 fully saturated rings. The highest BCUT2D eigenvalue weighted by Gasteiger charge is 2.29. The van der Waals surface area contributed by atoms with Crippen molar-refractivity contribution in [1.82, 2.24) is 14.9 Å². The van der Waals surface area contributed by atoms with Gasteiger partial charge in [0, 0.05) is 30.7 Å². The van der Waals surface area contributed by atoms with Crippen LogP contribution in [0.3, 0.4) is 0 Å². The first-order valence-corrected chi connectivity index (χ1v) is 10.7. The minimum absolute atomic E-state index is 0.0768. The number of thiazole rings is 1. The quantitative estimate of drug-likeness (QED) is 0.650. The summed E-state index contributed by atoms with van der Waals surface area (Å²) in [6.45, 7) is 1.04. The standard InChI is InChI=1S/C21H21ClN4O2S/c1-25-17-6-2-3-7-18(17)29-21(25)24-23-19(27)15-5-4-12-26(13-15)20(28)14-8-10-16(22)11-9-14/h2-3,6-11,15H,4-5,12-13H2,1H3,(H,23,27)/b24-21-. The molecule has 0 spiro atoms. The number of halogens is 1. The maximum Gasteiger partial charge on any atom is 0.253 e. The second-order valence-electron chi connectivity index (χ2n) is 7.10. The van der Waals surface area contributed by atoms with Crippen LogP contribution in [0.2, 0.25) is 5.02 Å². The molecular formula is C21H21ClN4O2S. The fourth-order valence-electron chi connectivity index (χ4n) is 3.53. The SMILES string of the molecule is Cn1/c(=N/NC(=O)C2CCCN(C(=O)c3ccc(Cl)cc3)C2)sc2ccccc21. The molecule has 4 rings (SSSR count). The molecular weight excluding hydrogens is 408 g/mol. The number of fused-ring (bicyclic) bond motifs is 1. The third-order valence-corrected chi connectivity index (χ3v) is 6.51. The van der Waals surface area contributed by atoms with E-state index in [4.69, 9.17) is 11.6 Å². The maximum atomic E-state index is 12.7. The highest BCUT2D eigenvalue weighted by Crippen LogP contribution is 2.20. The Morgan fingerprint density at radius 3 is 2.69 bits per heavy atom. The minimum Gasteiger partial charge on any atom is -0.338 e. The Morgan fingerprint density at radius 1 is 1.17 bits per heavy atom. The number of likely N-dealkylation sites (tertiary alicyclic amines) is 1. The van der Waals surface area contributed by atoms with Crippen LogP contribution in [-0.2, 0) is 11.8 Å². The highest BCUT2D eigenvalue weighted by molar-refractivity contribution is 7.16. The Labute approximate surface area is 177 Å². The summed E-state index contributed by atoms with van der Waals surface area (Å²) >= 11 is 7.42. The van der Waals surface area contributed by atoms with Gasteiger partial charge in [-0.1, -0.05) is 35.1 Å². The molecule has 1 N–H and O–H groups in total. The molecule has 8 heteroatoms. The number of para-hydroxylation sites is 1. The lowest BCUT2D eigenvalue weighted by Crippen LogP contribution is -2.45. The summed E-state index contributed by atoms with van der Waals surface area (Å²) in [4.78, 5) is 27.9. The summed E-state index contributed by atoms with van der Waals surface area (Å²) in [5.74, 6) is -0.508. The Hall–Kier alpha value is -2.64. The lowest BCUT2D eigenvalue weighted by atomic mass is 9.97. The molecule has 0 bridgehead atoms. The van der Waals surface area contributed by atoms with Gasteiger partial charge in [-0.15, -0.1) is 5.10 Å². The number of carbonyl (C=O) groups excluding carboxylic acids is 2. The van der Waals surface area contributed by atoms with Crippen molar-refractivity contribution in [3.05, 3.63) is 63.9 Å². The number of hydrogen-bond acceptors (Lipinski definition) is 4. The number of carbonyl (C=O) groups is 2. The maximum absolute atomic E-state index is 12.7. The van der Waals surface area contributed by atoms with E-state index in [9.17, 15) is 9.59 Å². The average molecular weight is 429 g/mol. The summed E-state index contributed by atoms with van der Waals surface area (Å²) in [6, 6.07) is 14.8. The van der Waals surface area contributed by atoms with Crippen LogP contribution in [0.4, 0.5) is 0 Å². The molecule has 1 atom stereocenters. The van der Waals surface area contributed by atoms with Crippen LogP contribution >= 0.6 is 22.9 Å². The zero-order chi connectivity index (χ0) is 20.4. The van der Waals surface area contributed by atoms with Gasteiger partial charge in [0.15, 0.2) is 0 Å². The number of aryl methyl sites for hydroxylation is 1. The van der Waals surface area contributed by atoms with Crippen LogP contribution in [0, 0.1) is 5.92 Å². The van der Waals surface area contributed by atoms with E-state index in [-0.39, 0.29) is 17.7 Å². The van der Waals surface area contributed by atoms with Crippen molar-refractivity contribution in [2.45, 2.75) is 12.8 Å². The van der Waals surface area contributed by atoms with Gasteiger partial charge in [0.2, 0.25) is 10.7 Å². The first-order valence-electron chi connectivity index (χ1n) is 9.46. The second-order valence-corrected chi connectivity index (χ2v) is 8.54. The predicted molar refractivity (Wildman–Crippen MR) is 115 cm³/mol. The summed E-state index contributed by atoms with van der Waals surface area (Å²) in [5.41, 5.74) is 4.35. The predicted octanol–water partition coefficient (Wildman–Crippen LogP) is 3.38. The van der Waals surface area contributed by atoms with Crippen LogP contribution in [0.1, 0.15) is 23.2 Å². The van der Waals surface area contributed by atoms with Crippen LogP contribution < -0.4 is 10.2 Å². The van der Waals surface area contributed by atoms with E-state index >= 15 is 0 Å². The van der Waals surface area contributed by atoms with Crippen molar-refractivity contribution >= 4 is 45.0 Å². The van der Waals surface area contributed by atoms with E-state index in [2.05, 4.69) is 10.5 Å². The average Bonchev–Trinajstić information content (AvgIpc) is 3.08. The van der Waals surface area contributed by atoms with Gasteiger partial charge < -0.3 is 9.47 Å². The van der Waals surface area contributed by atoms with E-state index in [1.165, 1.54) is 11.3 Å². The van der Waals surface area contributed by atoms with E-state index in [0.717, 1.165) is 27.9 Å². The van der Waals surface area contributed by atoms with E-state index in [1.54, 1.807) is 29.2 Å². The zero-order valence-corrected chi connectivity index (χ0v) is 17.5. The lowest BCUT2D eigenvalue weighted by molar-refractivity contribution is -0.126. The van der Waals surface area contributed by atoms with Gasteiger partial charge in [0.25, 0.3) is 5.91 Å². The monoisotopic (exact) mass is 428 g/mol. The molecule has 2 amide bonds. The Bertz CT molecular complexity index is 1120. The molecule has 1 aromatic heterocycles. The molecule has 29 heavy (non-hydrogen) atoms. The van der Waals surface area contributed by atoms with Gasteiger partial charge in [0.1, 0.15) is 0 Å². The molecule has 0 radical (unpaired) electrons. The third kappa shape index (κ3) is 4.21.